The molecule has 132 valence electrons. The number of carbonyl (C=O) groups is 1. The van der Waals surface area contributed by atoms with E-state index in [9.17, 15) is 14.9 Å². The second-order valence-electron chi connectivity index (χ2n) is 5.34. The molecular weight excluding hydrogens is 354 g/mol. The average Bonchev–Trinajstić information content (AvgIpc) is 3.01. The van der Waals surface area contributed by atoms with E-state index in [2.05, 4.69) is 15.5 Å². The van der Waals surface area contributed by atoms with Gasteiger partial charge in [-0.2, -0.15) is 0 Å². The van der Waals surface area contributed by atoms with E-state index in [-0.39, 0.29) is 23.0 Å². The second-order valence-corrected chi connectivity index (χ2v) is 6.28. The van der Waals surface area contributed by atoms with Crippen LogP contribution in [-0.4, -0.2) is 31.3 Å². The van der Waals surface area contributed by atoms with Gasteiger partial charge in [0.2, 0.25) is 5.91 Å². The summed E-state index contributed by atoms with van der Waals surface area (Å²) in [6.07, 6.45) is 0. The monoisotopic (exact) mass is 369 g/mol. The standard InChI is InChI=1S/C17H15N5O3S/c1-21-16(12-7-3-2-4-8-12)19-20-17(21)26-11-15(23)18-13-9-5-6-10-14(13)22(24)25/h2-10H,11H2,1H3,(H,18,23). The first-order valence-electron chi connectivity index (χ1n) is 7.67. The van der Waals surface area contributed by atoms with Crippen LogP contribution in [-0.2, 0) is 11.8 Å². The Hall–Kier alpha value is -3.20. The van der Waals surface area contributed by atoms with Gasteiger partial charge >= 0.3 is 0 Å². The van der Waals surface area contributed by atoms with Gasteiger partial charge in [-0.25, -0.2) is 0 Å². The highest BCUT2D eigenvalue weighted by atomic mass is 32.2. The third-order valence-electron chi connectivity index (χ3n) is 3.57. The lowest BCUT2D eigenvalue weighted by atomic mass is 10.2. The Morgan fingerprint density at radius 3 is 2.58 bits per heavy atom. The summed E-state index contributed by atoms with van der Waals surface area (Å²) in [5, 5.41) is 22.4. The van der Waals surface area contributed by atoms with E-state index in [1.165, 1.54) is 23.9 Å². The zero-order valence-electron chi connectivity index (χ0n) is 13.8. The van der Waals surface area contributed by atoms with Gasteiger partial charge in [0, 0.05) is 18.7 Å². The highest BCUT2D eigenvalue weighted by Crippen LogP contribution is 2.25. The molecule has 1 aromatic heterocycles. The van der Waals surface area contributed by atoms with Gasteiger partial charge in [0.25, 0.3) is 5.69 Å². The summed E-state index contributed by atoms with van der Waals surface area (Å²) >= 11 is 1.21. The van der Waals surface area contributed by atoms with Crippen LogP contribution in [0.2, 0.25) is 0 Å². The molecule has 1 heterocycles. The number of hydrogen-bond donors (Lipinski definition) is 1. The number of amides is 1. The Kier molecular flexibility index (Phi) is 5.28. The second kappa shape index (κ2) is 7.79. The van der Waals surface area contributed by atoms with Gasteiger partial charge in [0.15, 0.2) is 11.0 Å². The molecule has 0 radical (unpaired) electrons. The van der Waals surface area contributed by atoms with Crippen molar-refractivity contribution in [2.24, 2.45) is 7.05 Å². The lowest BCUT2D eigenvalue weighted by molar-refractivity contribution is -0.383. The number of carbonyl (C=O) groups excluding carboxylic acids is 1. The predicted molar refractivity (Wildman–Crippen MR) is 98.9 cm³/mol. The molecular formula is C17H15N5O3S. The highest BCUT2D eigenvalue weighted by Gasteiger charge is 2.16. The van der Waals surface area contributed by atoms with Crippen LogP contribution >= 0.6 is 11.8 Å². The van der Waals surface area contributed by atoms with Gasteiger partial charge in [0.1, 0.15) is 5.69 Å². The maximum Gasteiger partial charge on any atom is 0.292 e. The van der Waals surface area contributed by atoms with Crippen LogP contribution in [0.25, 0.3) is 11.4 Å². The van der Waals surface area contributed by atoms with Crippen LogP contribution in [0.15, 0.2) is 59.8 Å². The van der Waals surface area contributed by atoms with Gasteiger partial charge in [-0.15, -0.1) is 10.2 Å². The molecule has 9 heteroatoms. The molecule has 1 N–H and O–H groups in total. The minimum absolute atomic E-state index is 0.0623. The summed E-state index contributed by atoms with van der Waals surface area (Å²) in [6.45, 7) is 0. The number of nitro benzene ring substituents is 1. The van der Waals surface area contributed by atoms with E-state index in [1.54, 1.807) is 16.7 Å². The van der Waals surface area contributed by atoms with Gasteiger partial charge < -0.3 is 9.88 Å². The third kappa shape index (κ3) is 3.89. The fourth-order valence-electron chi connectivity index (χ4n) is 2.33. The summed E-state index contributed by atoms with van der Waals surface area (Å²) in [7, 11) is 1.82. The molecule has 8 nitrogen and oxygen atoms in total. The molecule has 26 heavy (non-hydrogen) atoms. The van der Waals surface area contributed by atoms with E-state index < -0.39 is 4.92 Å². The minimum Gasteiger partial charge on any atom is -0.320 e. The number of rotatable bonds is 6. The Morgan fingerprint density at radius 2 is 1.85 bits per heavy atom. The van der Waals surface area contributed by atoms with Crippen molar-refractivity contribution in [1.29, 1.82) is 0 Å². The van der Waals surface area contributed by atoms with Gasteiger partial charge in [-0.1, -0.05) is 54.2 Å². The van der Waals surface area contributed by atoms with Gasteiger partial charge in [-0.3, -0.25) is 14.9 Å². The normalized spacial score (nSPS) is 10.5. The van der Waals surface area contributed by atoms with Crippen molar-refractivity contribution in [2.75, 3.05) is 11.1 Å². The summed E-state index contributed by atoms with van der Waals surface area (Å²) in [6, 6.07) is 15.6. The molecule has 1 amide bonds. The fourth-order valence-corrected chi connectivity index (χ4v) is 3.05. The summed E-state index contributed by atoms with van der Waals surface area (Å²) in [5.41, 5.74) is 0.959. The average molecular weight is 369 g/mol. The van der Waals surface area contributed by atoms with E-state index in [4.69, 9.17) is 0 Å². The molecule has 0 saturated heterocycles. The molecule has 0 aliphatic heterocycles. The molecule has 0 bridgehead atoms. The molecule has 0 aliphatic rings. The number of hydrogen-bond acceptors (Lipinski definition) is 6. The van der Waals surface area contributed by atoms with Crippen molar-refractivity contribution in [2.45, 2.75) is 5.16 Å². The SMILES string of the molecule is Cn1c(SCC(=O)Nc2ccccc2[N+](=O)[O-])nnc1-c1ccccc1. The molecule has 3 rings (SSSR count). The number of aromatic nitrogens is 3. The topological polar surface area (TPSA) is 103 Å². The number of benzene rings is 2. The lowest BCUT2D eigenvalue weighted by Crippen LogP contribution is -2.15. The first kappa shape index (κ1) is 17.6. The Balaban J connectivity index is 1.66. The quantitative estimate of drug-likeness (QED) is 0.407. The van der Waals surface area contributed by atoms with Crippen molar-refractivity contribution >= 4 is 29.0 Å². The molecule has 0 atom stereocenters. The van der Waals surface area contributed by atoms with Crippen molar-refractivity contribution in [1.82, 2.24) is 14.8 Å². The number of para-hydroxylation sites is 2. The van der Waals surface area contributed by atoms with Gasteiger partial charge in [-0.05, 0) is 6.07 Å². The number of nitrogens with one attached hydrogen (secondary N) is 1. The van der Waals surface area contributed by atoms with Crippen molar-refractivity contribution in [3.05, 3.63) is 64.7 Å². The molecule has 0 aliphatic carbocycles. The summed E-state index contributed by atoms with van der Waals surface area (Å²) < 4.78 is 1.80. The van der Waals surface area contributed by atoms with E-state index >= 15 is 0 Å². The van der Waals surface area contributed by atoms with Crippen LogP contribution in [0, 0.1) is 10.1 Å². The lowest BCUT2D eigenvalue weighted by Gasteiger charge is -2.06. The van der Waals surface area contributed by atoms with E-state index in [0.29, 0.717) is 11.0 Å². The summed E-state index contributed by atoms with van der Waals surface area (Å²) in [4.78, 5) is 22.6. The predicted octanol–water partition coefficient (Wildman–Crippen LogP) is 3.12. The van der Waals surface area contributed by atoms with Gasteiger partial charge in [0.05, 0.1) is 10.7 Å². The van der Waals surface area contributed by atoms with Crippen molar-refractivity contribution in [3.8, 4) is 11.4 Å². The Bertz CT molecular complexity index is 943. The third-order valence-corrected chi connectivity index (χ3v) is 4.59. The molecule has 3 aromatic rings. The van der Waals surface area contributed by atoms with E-state index in [1.807, 2.05) is 37.4 Å². The maximum absolute atomic E-state index is 12.1. The molecule has 0 spiro atoms. The largest absolute Gasteiger partial charge is 0.320 e. The molecule has 0 unspecified atom stereocenters. The number of nitro groups is 1. The van der Waals surface area contributed by atoms with Crippen LogP contribution in [0.1, 0.15) is 0 Å². The zero-order chi connectivity index (χ0) is 18.5. The Labute approximate surface area is 153 Å². The zero-order valence-corrected chi connectivity index (χ0v) is 14.6. The smallest absolute Gasteiger partial charge is 0.292 e. The number of anilines is 1. The number of thioether (sulfide) groups is 1. The highest BCUT2D eigenvalue weighted by molar-refractivity contribution is 7.99. The molecule has 2 aromatic carbocycles. The van der Waals surface area contributed by atoms with Crippen LogP contribution in [0.4, 0.5) is 11.4 Å². The fraction of sp³-hybridized carbons (Fsp3) is 0.118. The van der Waals surface area contributed by atoms with Crippen molar-refractivity contribution in [3.63, 3.8) is 0 Å². The minimum atomic E-state index is -0.530. The first-order chi connectivity index (χ1) is 12.6. The first-order valence-corrected chi connectivity index (χ1v) is 8.65. The maximum atomic E-state index is 12.1. The molecule has 0 saturated carbocycles. The Morgan fingerprint density at radius 1 is 1.15 bits per heavy atom. The number of nitrogens with zero attached hydrogens (tertiary/aromatic N) is 4. The molecule has 0 fully saturated rings. The van der Waals surface area contributed by atoms with Crippen LogP contribution < -0.4 is 5.32 Å². The van der Waals surface area contributed by atoms with Crippen LogP contribution in [0.5, 0.6) is 0 Å². The van der Waals surface area contributed by atoms with Crippen molar-refractivity contribution < 1.29 is 9.72 Å². The van der Waals surface area contributed by atoms with Crippen LogP contribution in [0.3, 0.4) is 0 Å². The van der Waals surface area contributed by atoms with E-state index in [0.717, 1.165) is 5.56 Å². The summed E-state index contributed by atoms with van der Waals surface area (Å²) in [5.74, 6) is 0.410.